The lowest BCUT2D eigenvalue weighted by atomic mass is 9.81. The molecule has 1 N–H and O–H groups in total. The second kappa shape index (κ2) is 4.02. The van der Waals surface area contributed by atoms with Gasteiger partial charge in [0.1, 0.15) is 5.60 Å². The van der Waals surface area contributed by atoms with Crippen LogP contribution >= 0.6 is 0 Å². The van der Waals surface area contributed by atoms with Crippen molar-refractivity contribution in [2.75, 3.05) is 13.1 Å². The molecule has 9 heteroatoms. The molecular formula is C9H10F5NO3. The van der Waals surface area contributed by atoms with Crippen molar-refractivity contribution in [1.29, 1.82) is 0 Å². The molecule has 18 heavy (non-hydrogen) atoms. The lowest BCUT2D eigenvalue weighted by Gasteiger charge is -2.52. The van der Waals surface area contributed by atoms with Crippen LogP contribution in [0.3, 0.4) is 0 Å². The third kappa shape index (κ3) is 2.16. The zero-order valence-electron chi connectivity index (χ0n) is 9.02. The minimum Gasteiger partial charge on any atom is -0.429 e. The van der Waals surface area contributed by atoms with Gasteiger partial charge >= 0.3 is 12.1 Å². The molecule has 2 aliphatic heterocycles. The van der Waals surface area contributed by atoms with E-state index in [2.05, 4.69) is 10.1 Å². The maximum absolute atomic E-state index is 13.5. The van der Waals surface area contributed by atoms with Gasteiger partial charge in [-0.15, -0.1) is 0 Å². The molecule has 1 spiro atoms. The minimum atomic E-state index is -5.15. The number of hydrogen-bond acceptors (Lipinski definition) is 4. The number of alkyl halides is 5. The molecule has 2 saturated heterocycles. The highest BCUT2D eigenvalue weighted by Gasteiger charge is 2.65. The zero-order chi connectivity index (χ0) is 13.6. The summed E-state index contributed by atoms with van der Waals surface area (Å²) in [6.45, 7) is -0.331. The molecule has 0 aromatic heterocycles. The van der Waals surface area contributed by atoms with Crippen LogP contribution in [0.25, 0.3) is 0 Å². The van der Waals surface area contributed by atoms with Crippen LogP contribution in [-0.4, -0.2) is 43.0 Å². The molecule has 0 saturated carbocycles. The summed E-state index contributed by atoms with van der Waals surface area (Å²) < 4.78 is 71.2. The summed E-state index contributed by atoms with van der Waals surface area (Å²) in [5.41, 5.74) is -1.81. The van der Waals surface area contributed by atoms with Gasteiger partial charge in [-0.3, -0.25) is 0 Å². The van der Waals surface area contributed by atoms with E-state index in [1.165, 1.54) is 0 Å². The Morgan fingerprint density at radius 1 is 1.39 bits per heavy atom. The molecule has 2 atom stereocenters. The molecule has 2 unspecified atom stereocenters. The van der Waals surface area contributed by atoms with Crippen LogP contribution in [0.5, 0.6) is 0 Å². The molecular weight excluding hydrogens is 265 g/mol. The third-order valence-electron chi connectivity index (χ3n) is 3.04. The fourth-order valence-electron chi connectivity index (χ4n) is 2.04. The predicted octanol–water partition coefficient (Wildman–Crippen LogP) is 1.21. The Morgan fingerprint density at radius 2 is 2.00 bits per heavy atom. The quantitative estimate of drug-likeness (QED) is 0.577. The van der Waals surface area contributed by atoms with E-state index in [0.29, 0.717) is 0 Å². The van der Waals surface area contributed by atoms with Crippen molar-refractivity contribution in [2.45, 2.75) is 36.8 Å². The van der Waals surface area contributed by atoms with Crippen LogP contribution in [0, 0.1) is 0 Å². The van der Waals surface area contributed by atoms with E-state index >= 15 is 0 Å². The van der Waals surface area contributed by atoms with Crippen LogP contribution in [0.4, 0.5) is 22.0 Å². The number of hydrogen-bond donors (Lipinski definition) is 1. The smallest absolute Gasteiger partial charge is 0.429 e. The first kappa shape index (κ1) is 13.5. The van der Waals surface area contributed by atoms with E-state index in [4.69, 9.17) is 4.74 Å². The summed E-state index contributed by atoms with van der Waals surface area (Å²) in [5, 5.41) is 2.46. The van der Waals surface area contributed by atoms with E-state index in [9.17, 15) is 26.7 Å². The van der Waals surface area contributed by atoms with Crippen molar-refractivity contribution < 1.29 is 36.2 Å². The van der Waals surface area contributed by atoms with Crippen LogP contribution in [0.15, 0.2) is 0 Å². The maximum Gasteiger partial charge on any atom is 0.491 e. The Hall–Kier alpha value is -0.960. The molecule has 0 amide bonds. The Labute approximate surface area is 98.4 Å². The highest BCUT2D eigenvalue weighted by molar-refractivity contribution is 5.75. The average Bonchev–Trinajstić information content (AvgIpc) is 2.16. The van der Waals surface area contributed by atoms with Crippen molar-refractivity contribution >= 4 is 5.97 Å². The lowest BCUT2D eigenvalue weighted by Crippen LogP contribution is -2.68. The highest BCUT2D eigenvalue weighted by atomic mass is 19.4. The number of carbonyl (C=O) groups is 1. The van der Waals surface area contributed by atoms with Gasteiger partial charge in [-0.05, 0) is 13.0 Å². The van der Waals surface area contributed by atoms with E-state index in [-0.39, 0.29) is 13.0 Å². The largest absolute Gasteiger partial charge is 0.491 e. The molecule has 2 aliphatic rings. The number of piperidine rings is 1. The van der Waals surface area contributed by atoms with E-state index < -0.39 is 42.9 Å². The Balaban J connectivity index is 1.92. The molecule has 2 fully saturated rings. The van der Waals surface area contributed by atoms with E-state index in [0.717, 1.165) is 0 Å². The summed E-state index contributed by atoms with van der Waals surface area (Å²) in [7, 11) is 0. The zero-order valence-corrected chi connectivity index (χ0v) is 9.02. The van der Waals surface area contributed by atoms with Crippen molar-refractivity contribution in [1.82, 2.24) is 5.32 Å². The highest BCUT2D eigenvalue weighted by Crippen LogP contribution is 2.48. The van der Waals surface area contributed by atoms with Gasteiger partial charge in [0.05, 0.1) is 6.54 Å². The van der Waals surface area contributed by atoms with Gasteiger partial charge in [0.25, 0.3) is 5.92 Å². The third-order valence-corrected chi connectivity index (χ3v) is 3.04. The van der Waals surface area contributed by atoms with E-state index in [1.807, 2.05) is 0 Å². The second-order valence-corrected chi connectivity index (χ2v) is 4.28. The van der Waals surface area contributed by atoms with Gasteiger partial charge in [-0.2, -0.15) is 13.2 Å². The molecule has 4 nitrogen and oxygen atoms in total. The predicted molar refractivity (Wildman–Crippen MR) is 46.8 cm³/mol. The molecule has 0 radical (unpaired) electrons. The summed E-state index contributed by atoms with van der Waals surface area (Å²) >= 11 is 0. The first-order valence-corrected chi connectivity index (χ1v) is 5.20. The normalized spacial score (nSPS) is 35.1. The second-order valence-electron chi connectivity index (χ2n) is 4.28. The molecule has 0 aliphatic carbocycles. The number of carbonyl (C=O) groups excluding carboxylic acids is 1. The van der Waals surface area contributed by atoms with Crippen molar-refractivity contribution in [2.24, 2.45) is 0 Å². The van der Waals surface area contributed by atoms with Gasteiger partial charge in [-0.25, -0.2) is 13.6 Å². The molecule has 2 heterocycles. The standard InChI is InChI=1S/C9H10F5NO3/c10-8(11)4-15-2-1-7(8)3-5(18-7)17-6(16)9(12,13)14/h5,15H,1-4H2. The fourth-order valence-corrected chi connectivity index (χ4v) is 2.04. The summed E-state index contributed by atoms with van der Waals surface area (Å²) in [5.74, 6) is -5.62. The van der Waals surface area contributed by atoms with Crippen LogP contribution < -0.4 is 5.32 Å². The molecule has 2 rings (SSSR count). The maximum atomic E-state index is 13.5. The van der Waals surface area contributed by atoms with Crippen LogP contribution in [-0.2, 0) is 14.3 Å². The van der Waals surface area contributed by atoms with E-state index in [1.54, 1.807) is 0 Å². The molecule has 104 valence electrons. The summed E-state index contributed by atoms with van der Waals surface area (Å²) in [6, 6.07) is 0. The first-order valence-electron chi connectivity index (χ1n) is 5.20. The van der Waals surface area contributed by atoms with Crippen LogP contribution in [0.2, 0.25) is 0 Å². The number of nitrogens with one attached hydrogen (secondary N) is 1. The van der Waals surface area contributed by atoms with Crippen molar-refractivity contribution in [3.05, 3.63) is 0 Å². The van der Waals surface area contributed by atoms with Gasteiger partial charge in [0, 0.05) is 6.42 Å². The van der Waals surface area contributed by atoms with Gasteiger partial charge in [-0.1, -0.05) is 0 Å². The van der Waals surface area contributed by atoms with Crippen LogP contribution in [0.1, 0.15) is 12.8 Å². The first-order chi connectivity index (χ1) is 8.16. The van der Waals surface area contributed by atoms with Crippen molar-refractivity contribution in [3.8, 4) is 0 Å². The number of ether oxygens (including phenoxy) is 2. The number of rotatable bonds is 1. The lowest BCUT2D eigenvalue weighted by molar-refractivity contribution is -0.369. The fraction of sp³-hybridized carbons (Fsp3) is 0.889. The Kier molecular flexibility index (Phi) is 3.01. The van der Waals surface area contributed by atoms with Gasteiger partial charge in [0.15, 0.2) is 0 Å². The SMILES string of the molecule is O=C(OC1CC2(CCNCC2(F)F)O1)C(F)(F)F. The minimum absolute atomic E-state index is 0.0416. The molecule has 0 aromatic carbocycles. The topological polar surface area (TPSA) is 47.6 Å². The monoisotopic (exact) mass is 275 g/mol. The van der Waals surface area contributed by atoms with Gasteiger partial charge < -0.3 is 14.8 Å². The van der Waals surface area contributed by atoms with Gasteiger partial charge in [0.2, 0.25) is 6.29 Å². The summed E-state index contributed by atoms with van der Waals surface area (Å²) in [4.78, 5) is 10.5. The molecule has 0 aromatic rings. The number of esters is 1. The summed E-state index contributed by atoms with van der Waals surface area (Å²) in [6.07, 6.45) is -7.17. The van der Waals surface area contributed by atoms with Crippen molar-refractivity contribution in [3.63, 3.8) is 0 Å². The average molecular weight is 275 g/mol. The molecule has 0 bridgehead atoms. The number of halogens is 5. The Morgan fingerprint density at radius 3 is 2.50 bits per heavy atom. The Bertz CT molecular complexity index is 351.